The van der Waals surface area contributed by atoms with Gasteiger partial charge in [0, 0.05) is 24.4 Å². The molecule has 0 amide bonds. The Hall–Kier alpha value is -2.34. The Morgan fingerprint density at radius 2 is 1.95 bits per heavy atom. The number of allylic oxidation sites excluding steroid dienone is 1. The Morgan fingerprint density at radius 1 is 1.25 bits per heavy atom. The van der Waals surface area contributed by atoms with E-state index in [2.05, 4.69) is 0 Å². The molecule has 6 heteroatoms. The van der Waals surface area contributed by atoms with E-state index in [0.29, 0.717) is 36.5 Å². The zero-order chi connectivity index (χ0) is 14.7. The number of benzene rings is 1. The minimum absolute atomic E-state index is 0.0950. The number of nitrogens with two attached hydrogens (primary N) is 3. The molecule has 20 heavy (non-hydrogen) atoms. The van der Waals surface area contributed by atoms with Crippen LogP contribution in [0, 0.1) is 0 Å². The van der Waals surface area contributed by atoms with Crippen molar-refractivity contribution in [2.45, 2.75) is 12.5 Å². The molecule has 0 bridgehead atoms. The summed E-state index contributed by atoms with van der Waals surface area (Å²) in [7, 11) is 0. The van der Waals surface area contributed by atoms with Crippen LogP contribution in [0.15, 0.2) is 41.9 Å². The number of phenols is 1. The molecule has 0 aromatic heterocycles. The van der Waals surface area contributed by atoms with Crippen LogP contribution in [0.25, 0.3) is 5.70 Å². The lowest BCUT2D eigenvalue weighted by Gasteiger charge is -2.20. The third-order valence-electron chi connectivity index (χ3n) is 3.31. The lowest BCUT2D eigenvalue weighted by molar-refractivity contribution is 0.184. The predicted octanol–water partition coefficient (Wildman–Crippen LogP) is -0.155. The number of aliphatic hydroxyl groups is 1. The molecule has 1 unspecified atom stereocenters. The largest absolute Gasteiger partial charge is 0.507 e. The van der Waals surface area contributed by atoms with Gasteiger partial charge in [-0.3, -0.25) is 0 Å². The maximum Gasteiger partial charge on any atom is 0.124 e. The number of phenolic OH excluding ortho intramolecular Hbond substituents is 1. The minimum atomic E-state index is -0.385. The highest BCUT2D eigenvalue weighted by atomic mass is 16.3. The molecule has 0 spiro atoms. The highest BCUT2D eigenvalue weighted by Gasteiger charge is 2.22. The molecule has 1 aromatic carbocycles. The Balaban J connectivity index is 2.31. The molecule has 2 rings (SSSR count). The molecule has 1 atom stereocenters. The first kappa shape index (κ1) is 14.1. The van der Waals surface area contributed by atoms with Gasteiger partial charge in [0.2, 0.25) is 0 Å². The van der Waals surface area contributed by atoms with E-state index in [1.54, 1.807) is 30.3 Å². The maximum absolute atomic E-state index is 9.79. The van der Waals surface area contributed by atoms with E-state index in [1.165, 1.54) is 0 Å². The molecule has 8 N–H and O–H groups in total. The number of hydrogen-bond acceptors (Lipinski definition) is 6. The first-order valence-corrected chi connectivity index (χ1v) is 6.43. The van der Waals surface area contributed by atoms with Gasteiger partial charge in [0.1, 0.15) is 11.6 Å². The highest BCUT2D eigenvalue weighted by molar-refractivity contribution is 5.69. The van der Waals surface area contributed by atoms with Gasteiger partial charge in [-0.25, -0.2) is 0 Å². The van der Waals surface area contributed by atoms with Crippen molar-refractivity contribution in [2.24, 2.45) is 17.2 Å². The van der Waals surface area contributed by atoms with Crippen molar-refractivity contribution in [1.82, 2.24) is 4.90 Å². The van der Waals surface area contributed by atoms with Gasteiger partial charge >= 0.3 is 0 Å². The molecular weight excluding hydrogens is 256 g/mol. The number of rotatable bonds is 3. The Morgan fingerprint density at radius 3 is 2.50 bits per heavy atom. The highest BCUT2D eigenvalue weighted by Crippen LogP contribution is 2.24. The van der Waals surface area contributed by atoms with E-state index >= 15 is 0 Å². The van der Waals surface area contributed by atoms with Gasteiger partial charge in [-0.2, -0.15) is 0 Å². The summed E-state index contributed by atoms with van der Waals surface area (Å²) in [5.74, 6) is 0.232. The van der Waals surface area contributed by atoms with E-state index in [1.807, 2.05) is 4.90 Å². The number of para-hydroxylation sites is 1. The van der Waals surface area contributed by atoms with E-state index in [9.17, 15) is 10.2 Å². The maximum atomic E-state index is 9.79. The van der Waals surface area contributed by atoms with Crippen molar-refractivity contribution >= 4 is 5.70 Å². The van der Waals surface area contributed by atoms with Crippen LogP contribution >= 0.6 is 0 Å². The Bertz CT molecular complexity index is 550. The quantitative estimate of drug-likeness (QED) is 0.489. The fraction of sp³-hybridized carbons (Fsp3) is 0.286. The summed E-state index contributed by atoms with van der Waals surface area (Å²) in [6, 6.07) is 6.77. The number of aliphatic hydroxyl groups excluding tert-OH is 1. The predicted molar refractivity (Wildman–Crippen MR) is 77.9 cm³/mol. The van der Waals surface area contributed by atoms with Crippen molar-refractivity contribution < 1.29 is 10.2 Å². The standard InChI is InChI=1S/C14H20N4O2/c15-11(10-3-1-2-4-13(10)20)7-12(14(16)17)18-6-5-9(19)8-18/h1-4,7,9,19-20H,5-6,8,15-17H2/b11-7-. The van der Waals surface area contributed by atoms with Gasteiger partial charge in [0.05, 0.1) is 11.8 Å². The van der Waals surface area contributed by atoms with Gasteiger partial charge in [0.15, 0.2) is 0 Å². The molecule has 0 saturated carbocycles. The van der Waals surface area contributed by atoms with Crippen LogP contribution < -0.4 is 17.2 Å². The van der Waals surface area contributed by atoms with E-state index in [4.69, 9.17) is 17.2 Å². The molecule has 108 valence electrons. The molecule has 6 nitrogen and oxygen atoms in total. The number of β-amino-alcohol motifs (C(OH)–C–C–N with tert-alkyl or cyclic N) is 1. The van der Waals surface area contributed by atoms with Crippen molar-refractivity contribution in [3.63, 3.8) is 0 Å². The monoisotopic (exact) mass is 276 g/mol. The third-order valence-corrected chi connectivity index (χ3v) is 3.31. The molecule has 1 aliphatic rings. The smallest absolute Gasteiger partial charge is 0.124 e. The van der Waals surface area contributed by atoms with Gasteiger partial charge in [-0.1, -0.05) is 12.1 Å². The average Bonchev–Trinajstić information content (AvgIpc) is 2.82. The molecular formula is C14H20N4O2. The van der Waals surface area contributed by atoms with Crippen molar-refractivity contribution in [3.05, 3.63) is 47.4 Å². The van der Waals surface area contributed by atoms with Crippen LogP contribution in [0.3, 0.4) is 0 Å². The van der Waals surface area contributed by atoms with Crippen LogP contribution in [0.2, 0.25) is 0 Å². The van der Waals surface area contributed by atoms with E-state index < -0.39 is 0 Å². The van der Waals surface area contributed by atoms with Crippen molar-refractivity contribution in [1.29, 1.82) is 0 Å². The first-order chi connectivity index (χ1) is 9.49. The van der Waals surface area contributed by atoms with Crippen LogP contribution in [0.4, 0.5) is 0 Å². The Kier molecular flexibility index (Phi) is 4.05. The molecule has 1 aliphatic heterocycles. The topological polar surface area (TPSA) is 122 Å². The molecule has 1 heterocycles. The summed E-state index contributed by atoms with van der Waals surface area (Å²) < 4.78 is 0. The fourth-order valence-corrected chi connectivity index (χ4v) is 2.26. The third kappa shape index (κ3) is 2.97. The number of nitrogens with zero attached hydrogens (tertiary/aromatic N) is 1. The second kappa shape index (κ2) is 5.75. The second-order valence-corrected chi connectivity index (χ2v) is 4.85. The zero-order valence-electron chi connectivity index (χ0n) is 11.2. The van der Waals surface area contributed by atoms with Gasteiger partial charge in [-0.15, -0.1) is 0 Å². The van der Waals surface area contributed by atoms with Gasteiger partial charge in [0.25, 0.3) is 0 Å². The number of aromatic hydroxyl groups is 1. The zero-order valence-corrected chi connectivity index (χ0v) is 11.2. The second-order valence-electron chi connectivity index (χ2n) is 4.85. The van der Waals surface area contributed by atoms with E-state index in [-0.39, 0.29) is 17.7 Å². The molecule has 1 saturated heterocycles. The number of likely N-dealkylation sites (tertiary alicyclic amines) is 1. The summed E-state index contributed by atoms with van der Waals surface area (Å²) in [6.45, 7) is 1.14. The normalized spacial score (nSPS) is 19.1. The summed E-state index contributed by atoms with van der Waals surface area (Å²) in [5, 5.41) is 19.4. The van der Waals surface area contributed by atoms with Crippen LogP contribution in [-0.4, -0.2) is 34.3 Å². The van der Waals surface area contributed by atoms with Gasteiger partial charge in [-0.05, 0) is 24.6 Å². The molecule has 0 radical (unpaired) electrons. The van der Waals surface area contributed by atoms with Gasteiger partial charge < -0.3 is 32.3 Å². The van der Waals surface area contributed by atoms with Crippen molar-refractivity contribution in [3.8, 4) is 5.75 Å². The Labute approximate surface area is 117 Å². The number of hydrogen-bond donors (Lipinski definition) is 5. The van der Waals surface area contributed by atoms with Crippen LogP contribution in [-0.2, 0) is 0 Å². The summed E-state index contributed by atoms with van der Waals surface area (Å²) in [6.07, 6.45) is 1.91. The SMILES string of the molecule is NC(N)=C(/C=C(\N)c1ccccc1O)N1CCC(O)C1. The molecule has 1 fully saturated rings. The first-order valence-electron chi connectivity index (χ1n) is 6.43. The van der Waals surface area contributed by atoms with Crippen molar-refractivity contribution in [2.75, 3.05) is 13.1 Å². The summed E-state index contributed by atoms with van der Waals surface area (Å²) >= 11 is 0. The minimum Gasteiger partial charge on any atom is -0.507 e. The lowest BCUT2D eigenvalue weighted by Crippen LogP contribution is -2.27. The fourth-order valence-electron chi connectivity index (χ4n) is 2.26. The van der Waals surface area contributed by atoms with Crippen LogP contribution in [0.1, 0.15) is 12.0 Å². The summed E-state index contributed by atoms with van der Waals surface area (Å²) in [5.41, 5.74) is 18.9. The lowest BCUT2D eigenvalue weighted by atomic mass is 10.1. The van der Waals surface area contributed by atoms with Crippen LogP contribution in [0.5, 0.6) is 5.75 Å². The average molecular weight is 276 g/mol. The molecule has 1 aromatic rings. The summed E-state index contributed by atoms with van der Waals surface area (Å²) in [4.78, 5) is 1.88. The molecule has 0 aliphatic carbocycles. The van der Waals surface area contributed by atoms with E-state index in [0.717, 1.165) is 0 Å².